The molecular weight excluding hydrogens is 308 g/mol. The van der Waals surface area contributed by atoms with Crippen LogP contribution in [-0.2, 0) is 9.47 Å². The molecule has 0 N–H and O–H groups in total. The zero-order valence-corrected chi connectivity index (χ0v) is 15.3. The number of aliphatic imine (C=N–C) groups is 2. The number of nitrogens with zero attached hydrogens (tertiary/aromatic N) is 2. The summed E-state index contributed by atoms with van der Waals surface area (Å²) in [5.41, 5.74) is 0. The average Bonchev–Trinajstić information content (AvgIpc) is 3.31. The minimum absolute atomic E-state index is 0. The summed E-state index contributed by atoms with van der Waals surface area (Å²) in [5, 5.41) is 0. The summed E-state index contributed by atoms with van der Waals surface area (Å²) in [4.78, 5) is 8.71. The normalized spacial score (nSPS) is 25.2. The van der Waals surface area contributed by atoms with E-state index in [1.165, 1.54) is 64.2 Å². The van der Waals surface area contributed by atoms with E-state index in [0.29, 0.717) is 11.8 Å². The third-order valence-corrected chi connectivity index (χ3v) is 5.13. The Morgan fingerprint density at radius 2 is 1.00 bits per heavy atom. The van der Waals surface area contributed by atoms with Gasteiger partial charge in [-0.1, -0.05) is 38.5 Å². The van der Waals surface area contributed by atoms with Gasteiger partial charge in [-0.05, 0) is 25.7 Å². The van der Waals surface area contributed by atoms with Gasteiger partial charge in [-0.25, -0.2) is 0 Å². The molecule has 4 nitrogen and oxygen atoms in total. The van der Waals surface area contributed by atoms with E-state index in [9.17, 15) is 0 Å². The molecule has 4 aliphatic rings. The Morgan fingerprint density at radius 3 is 1.30 bits per heavy atom. The van der Waals surface area contributed by atoms with Crippen LogP contribution in [0.1, 0.15) is 64.2 Å². The maximum atomic E-state index is 5.44. The Morgan fingerprint density at radius 1 is 0.609 bits per heavy atom. The summed E-state index contributed by atoms with van der Waals surface area (Å²) in [6.45, 7) is 3.44. The van der Waals surface area contributed by atoms with Gasteiger partial charge in [0.15, 0.2) is 11.8 Å². The van der Waals surface area contributed by atoms with Gasteiger partial charge in [-0.3, -0.25) is 9.98 Å². The third kappa shape index (κ3) is 5.70. The quantitative estimate of drug-likeness (QED) is 0.759. The van der Waals surface area contributed by atoms with Crippen molar-refractivity contribution in [3.63, 3.8) is 0 Å². The lowest BCUT2D eigenvalue weighted by Gasteiger charge is -2.20. The molecule has 4 rings (SSSR count). The standard InChI is InChI=1S/2C9H15NO.H2S/c2*1-2-4-8(5-3-1)9-10-6-7-11-9;/h2*8H,1-7H2;1H2. The molecule has 0 atom stereocenters. The molecule has 23 heavy (non-hydrogen) atoms. The van der Waals surface area contributed by atoms with Crippen molar-refractivity contribution < 1.29 is 9.47 Å². The van der Waals surface area contributed by atoms with Crippen molar-refractivity contribution in [3.8, 4) is 0 Å². The first-order chi connectivity index (χ1) is 10.9. The Balaban J connectivity index is 0.000000160. The van der Waals surface area contributed by atoms with E-state index in [1.54, 1.807) is 0 Å². The SMILES string of the molecule is C1CCC(C2=NCCO2)CC1.C1CCC(C2=NCCO2)CC1.S. The van der Waals surface area contributed by atoms with Crippen LogP contribution in [0.3, 0.4) is 0 Å². The monoisotopic (exact) mass is 340 g/mol. The van der Waals surface area contributed by atoms with Crippen molar-refractivity contribution in [3.05, 3.63) is 0 Å². The maximum absolute atomic E-state index is 5.44. The Hall–Kier alpha value is -0.710. The highest BCUT2D eigenvalue weighted by Gasteiger charge is 2.23. The molecule has 2 aliphatic carbocycles. The van der Waals surface area contributed by atoms with E-state index >= 15 is 0 Å². The molecule has 0 aromatic heterocycles. The summed E-state index contributed by atoms with van der Waals surface area (Å²) < 4.78 is 10.9. The molecule has 2 aliphatic heterocycles. The third-order valence-electron chi connectivity index (χ3n) is 5.13. The average molecular weight is 341 g/mol. The summed E-state index contributed by atoms with van der Waals surface area (Å²) in [6, 6.07) is 0. The molecular formula is C18H32N2O2S. The minimum atomic E-state index is 0. The van der Waals surface area contributed by atoms with Gasteiger partial charge in [0, 0.05) is 11.8 Å². The molecule has 0 aromatic carbocycles. The van der Waals surface area contributed by atoms with Crippen molar-refractivity contribution in [2.45, 2.75) is 64.2 Å². The second kappa shape index (κ2) is 10.2. The fraction of sp³-hybridized carbons (Fsp3) is 0.889. The van der Waals surface area contributed by atoms with Crippen LogP contribution in [0, 0.1) is 11.8 Å². The highest BCUT2D eigenvalue weighted by Crippen LogP contribution is 2.27. The van der Waals surface area contributed by atoms with Gasteiger partial charge in [0.1, 0.15) is 13.2 Å². The molecule has 132 valence electrons. The molecule has 2 heterocycles. The van der Waals surface area contributed by atoms with Gasteiger partial charge >= 0.3 is 0 Å². The lowest BCUT2D eigenvalue weighted by molar-refractivity contribution is 0.299. The summed E-state index contributed by atoms with van der Waals surface area (Å²) >= 11 is 0. The van der Waals surface area contributed by atoms with E-state index in [2.05, 4.69) is 9.98 Å². The number of ether oxygens (including phenoxy) is 2. The zero-order chi connectivity index (χ0) is 15.0. The van der Waals surface area contributed by atoms with Gasteiger partial charge in [0.25, 0.3) is 0 Å². The first-order valence-corrected chi connectivity index (χ1v) is 9.28. The molecule has 0 unspecified atom stereocenters. The Labute approximate surface area is 147 Å². The van der Waals surface area contributed by atoms with E-state index in [1.807, 2.05) is 0 Å². The van der Waals surface area contributed by atoms with Gasteiger partial charge in [0.05, 0.1) is 13.1 Å². The first-order valence-electron chi connectivity index (χ1n) is 9.28. The second-order valence-electron chi connectivity index (χ2n) is 6.81. The molecule has 0 spiro atoms. The molecule has 0 bridgehead atoms. The highest BCUT2D eigenvalue weighted by atomic mass is 32.1. The summed E-state index contributed by atoms with van der Waals surface area (Å²) in [5.74, 6) is 3.46. The lowest BCUT2D eigenvalue weighted by atomic mass is 9.89. The van der Waals surface area contributed by atoms with Gasteiger partial charge in [0.2, 0.25) is 0 Å². The minimum Gasteiger partial charge on any atom is -0.479 e. The van der Waals surface area contributed by atoms with Crippen molar-refractivity contribution >= 4 is 25.3 Å². The zero-order valence-electron chi connectivity index (χ0n) is 14.3. The first kappa shape index (κ1) is 18.6. The van der Waals surface area contributed by atoms with Crippen molar-refractivity contribution in [2.75, 3.05) is 26.3 Å². The summed E-state index contributed by atoms with van der Waals surface area (Å²) in [6.07, 6.45) is 13.5. The van der Waals surface area contributed by atoms with E-state index in [-0.39, 0.29) is 13.5 Å². The predicted molar refractivity (Wildman–Crippen MR) is 100 cm³/mol. The van der Waals surface area contributed by atoms with Gasteiger partial charge in [-0.15, -0.1) is 0 Å². The van der Waals surface area contributed by atoms with E-state index in [4.69, 9.17) is 9.47 Å². The molecule has 0 amide bonds. The number of hydrogen-bond acceptors (Lipinski definition) is 4. The smallest absolute Gasteiger partial charge is 0.186 e. The van der Waals surface area contributed by atoms with Gasteiger partial charge < -0.3 is 9.47 Å². The summed E-state index contributed by atoms with van der Waals surface area (Å²) in [7, 11) is 0. The van der Waals surface area contributed by atoms with Crippen LogP contribution >= 0.6 is 13.5 Å². The van der Waals surface area contributed by atoms with Gasteiger partial charge in [-0.2, -0.15) is 13.5 Å². The van der Waals surface area contributed by atoms with Crippen LogP contribution in [0.2, 0.25) is 0 Å². The Bertz CT molecular complexity index is 362. The van der Waals surface area contributed by atoms with Crippen LogP contribution in [0.5, 0.6) is 0 Å². The number of hydrogen-bond donors (Lipinski definition) is 0. The molecule has 2 saturated carbocycles. The number of rotatable bonds is 2. The van der Waals surface area contributed by atoms with Crippen LogP contribution in [0.25, 0.3) is 0 Å². The molecule has 0 aromatic rings. The van der Waals surface area contributed by atoms with Crippen molar-refractivity contribution in [1.29, 1.82) is 0 Å². The van der Waals surface area contributed by atoms with Crippen LogP contribution in [-0.4, -0.2) is 38.1 Å². The van der Waals surface area contributed by atoms with Crippen molar-refractivity contribution in [2.24, 2.45) is 21.8 Å². The van der Waals surface area contributed by atoms with Crippen molar-refractivity contribution in [1.82, 2.24) is 0 Å². The van der Waals surface area contributed by atoms with Crippen LogP contribution < -0.4 is 0 Å². The van der Waals surface area contributed by atoms with Crippen LogP contribution in [0.15, 0.2) is 9.98 Å². The topological polar surface area (TPSA) is 43.2 Å². The largest absolute Gasteiger partial charge is 0.479 e. The molecule has 2 fully saturated rings. The van der Waals surface area contributed by atoms with E-state index in [0.717, 1.165) is 38.1 Å². The second-order valence-corrected chi connectivity index (χ2v) is 6.81. The fourth-order valence-corrected chi connectivity index (χ4v) is 3.90. The fourth-order valence-electron chi connectivity index (χ4n) is 3.90. The predicted octanol–water partition coefficient (Wildman–Crippen LogP) is 4.10. The van der Waals surface area contributed by atoms with Crippen LogP contribution in [0.4, 0.5) is 0 Å². The van der Waals surface area contributed by atoms with E-state index < -0.39 is 0 Å². The Kier molecular flexibility index (Phi) is 8.27. The lowest BCUT2D eigenvalue weighted by Crippen LogP contribution is -2.17. The maximum Gasteiger partial charge on any atom is 0.186 e. The highest BCUT2D eigenvalue weighted by molar-refractivity contribution is 7.59. The molecule has 0 radical (unpaired) electrons. The molecule has 5 heteroatoms. The molecule has 0 saturated heterocycles.